The van der Waals surface area contributed by atoms with E-state index < -0.39 is 31.5 Å². The lowest BCUT2D eigenvalue weighted by atomic mass is 9.90. The molecule has 182 valence electrons. The number of hydrogen-bond donors (Lipinski definition) is 1. The van der Waals surface area contributed by atoms with E-state index in [9.17, 15) is 26.0 Å². The first-order valence-electron chi connectivity index (χ1n) is 10.4. The number of anilines is 1. The first kappa shape index (κ1) is 24.6. The molecule has 1 aliphatic heterocycles. The van der Waals surface area contributed by atoms with E-state index in [0.717, 1.165) is 18.1 Å². The van der Waals surface area contributed by atoms with Gasteiger partial charge in [0, 0.05) is 24.1 Å². The third kappa shape index (κ3) is 5.57. The third-order valence-electron chi connectivity index (χ3n) is 5.53. The highest BCUT2D eigenvalue weighted by Crippen LogP contribution is 2.30. The molecule has 0 radical (unpaired) electrons. The van der Waals surface area contributed by atoms with Gasteiger partial charge in [0.1, 0.15) is 5.82 Å². The van der Waals surface area contributed by atoms with E-state index >= 15 is 0 Å². The second kappa shape index (κ2) is 9.23. The molecular weight excluding hydrogens is 493 g/mol. The number of carbonyl (C=O) groups is 1. The molecule has 11 heteroatoms. The van der Waals surface area contributed by atoms with E-state index in [1.807, 2.05) is 0 Å². The minimum atomic E-state index is -3.37. The van der Waals surface area contributed by atoms with Gasteiger partial charge in [0.05, 0.1) is 22.0 Å². The lowest BCUT2D eigenvalue weighted by Gasteiger charge is -2.16. The Labute approximate surface area is 202 Å². The summed E-state index contributed by atoms with van der Waals surface area (Å²) in [6, 6.07) is 17.3. The largest absolute Gasteiger partial charge is 0.342 e. The van der Waals surface area contributed by atoms with Crippen LogP contribution in [0, 0.1) is 5.82 Å². The average molecular weight is 516 g/mol. The van der Waals surface area contributed by atoms with Gasteiger partial charge in [-0.2, -0.15) is 5.10 Å². The number of nitrogens with one attached hydrogen (secondary N) is 1. The van der Waals surface area contributed by atoms with E-state index in [2.05, 4.69) is 10.4 Å². The van der Waals surface area contributed by atoms with E-state index in [1.54, 1.807) is 24.3 Å². The molecule has 1 atom stereocenters. The van der Waals surface area contributed by atoms with Gasteiger partial charge in [-0.3, -0.25) is 0 Å². The van der Waals surface area contributed by atoms with Crippen LogP contribution in [0.3, 0.4) is 0 Å². The molecule has 35 heavy (non-hydrogen) atoms. The zero-order chi connectivity index (χ0) is 25.4. The molecule has 2 amide bonds. The van der Waals surface area contributed by atoms with Crippen LogP contribution in [0.5, 0.6) is 0 Å². The molecular formula is C24H22FN3O5S2. The number of halogens is 1. The summed E-state index contributed by atoms with van der Waals surface area (Å²) >= 11 is 0. The fourth-order valence-electron chi connectivity index (χ4n) is 3.69. The van der Waals surface area contributed by atoms with Crippen molar-refractivity contribution < 1.29 is 26.0 Å². The summed E-state index contributed by atoms with van der Waals surface area (Å²) in [5, 5.41) is 8.40. The van der Waals surface area contributed by atoms with Gasteiger partial charge < -0.3 is 5.32 Å². The normalized spacial score (nSPS) is 16.1. The number of urea groups is 1. The second-order valence-electron chi connectivity index (χ2n) is 8.19. The summed E-state index contributed by atoms with van der Waals surface area (Å²) in [5.74, 6) is -0.791. The maximum atomic E-state index is 13.5. The number of sulfone groups is 2. The Morgan fingerprint density at radius 2 is 1.37 bits per heavy atom. The molecule has 0 spiro atoms. The average Bonchev–Trinajstić information content (AvgIpc) is 3.24. The van der Waals surface area contributed by atoms with Gasteiger partial charge in [0.25, 0.3) is 0 Å². The molecule has 0 saturated heterocycles. The SMILES string of the molecule is CS(=O)(=O)c1ccc(NC(=O)N2C[C@H](c3ccc(S(C)(=O)=O)cc3)C(c3ccc(F)cc3)=N2)cc1. The molecule has 1 N–H and O–H groups in total. The van der Waals surface area contributed by atoms with Crippen LogP contribution in [0.15, 0.2) is 87.7 Å². The summed E-state index contributed by atoms with van der Waals surface area (Å²) in [7, 11) is -6.73. The Bertz CT molecular complexity index is 1500. The molecule has 1 heterocycles. The van der Waals surface area contributed by atoms with Gasteiger partial charge in [-0.15, -0.1) is 0 Å². The van der Waals surface area contributed by atoms with Crippen LogP contribution in [-0.2, 0) is 19.7 Å². The molecule has 3 aromatic rings. The Hall–Kier alpha value is -3.57. The van der Waals surface area contributed by atoms with Crippen LogP contribution < -0.4 is 5.32 Å². The molecule has 8 nitrogen and oxygen atoms in total. The monoisotopic (exact) mass is 515 g/mol. The van der Waals surface area contributed by atoms with Gasteiger partial charge in [0.15, 0.2) is 19.7 Å². The molecule has 3 aromatic carbocycles. The zero-order valence-corrected chi connectivity index (χ0v) is 20.5. The molecule has 0 aromatic heterocycles. The standard InChI is InChI=1S/C24H22FN3O5S2/c1-34(30,31)20-11-5-16(6-12-20)22-15-28(27-23(22)17-3-7-18(25)8-4-17)24(29)26-19-9-13-21(14-10-19)35(2,32)33/h3-14,22H,15H2,1-2H3,(H,26,29)/t22-/m1/s1. The fraction of sp³-hybridized carbons (Fsp3) is 0.167. The van der Waals surface area contributed by atoms with Crippen molar-refractivity contribution in [1.82, 2.24) is 5.01 Å². The number of carbonyl (C=O) groups excluding carboxylic acids is 1. The summed E-state index contributed by atoms with van der Waals surface area (Å²) < 4.78 is 60.4. The molecule has 0 saturated carbocycles. The number of rotatable bonds is 5. The van der Waals surface area contributed by atoms with Crippen molar-refractivity contribution in [3.63, 3.8) is 0 Å². The minimum Gasteiger partial charge on any atom is -0.306 e. The van der Waals surface area contributed by atoms with Crippen LogP contribution in [0.2, 0.25) is 0 Å². The van der Waals surface area contributed by atoms with Crippen LogP contribution in [0.4, 0.5) is 14.9 Å². The Kier molecular flexibility index (Phi) is 6.48. The smallest absolute Gasteiger partial charge is 0.306 e. The molecule has 0 aliphatic carbocycles. The number of nitrogens with zero attached hydrogens (tertiary/aromatic N) is 2. The predicted molar refractivity (Wildman–Crippen MR) is 131 cm³/mol. The maximum absolute atomic E-state index is 13.5. The van der Waals surface area contributed by atoms with Gasteiger partial charge in [-0.05, 0) is 59.7 Å². The summed E-state index contributed by atoms with van der Waals surface area (Å²) in [5.41, 5.74) is 2.28. The first-order chi connectivity index (χ1) is 16.4. The van der Waals surface area contributed by atoms with Gasteiger partial charge >= 0.3 is 6.03 Å². The highest BCUT2D eigenvalue weighted by molar-refractivity contribution is 7.91. The second-order valence-corrected chi connectivity index (χ2v) is 12.2. The number of amides is 2. The predicted octanol–water partition coefficient (Wildman–Crippen LogP) is 3.67. The van der Waals surface area contributed by atoms with Crippen molar-refractivity contribution >= 4 is 37.1 Å². The highest BCUT2D eigenvalue weighted by Gasteiger charge is 2.32. The summed E-state index contributed by atoms with van der Waals surface area (Å²) in [6.07, 6.45) is 2.22. The van der Waals surface area contributed by atoms with E-state index in [4.69, 9.17) is 0 Å². The molecule has 0 unspecified atom stereocenters. The van der Waals surface area contributed by atoms with Crippen molar-refractivity contribution in [1.29, 1.82) is 0 Å². The van der Waals surface area contributed by atoms with Crippen LogP contribution in [0.1, 0.15) is 17.0 Å². The van der Waals surface area contributed by atoms with Crippen molar-refractivity contribution in [2.75, 3.05) is 24.4 Å². The van der Waals surface area contributed by atoms with E-state index in [0.29, 0.717) is 17.0 Å². The van der Waals surface area contributed by atoms with E-state index in [-0.39, 0.29) is 22.3 Å². The summed E-state index contributed by atoms with van der Waals surface area (Å²) in [6.45, 7) is 0.165. The van der Waals surface area contributed by atoms with Crippen molar-refractivity contribution in [2.24, 2.45) is 5.10 Å². The molecule has 1 aliphatic rings. The van der Waals surface area contributed by atoms with Gasteiger partial charge in [-0.25, -0.2) is 31.0 Å². The lowest BCUT2D eigenvalue weighted by molar-refractivity contribution is 0.218. The van der Waals surface area contributed by atoms with Crippen LogP contribution >= 0.6 is 0 Å². The van der Waals surface area contributed by atoms with E-state index in [1.165, 1.54) is 53.5 Å². The molecule has 0 bridgehead atoms. The maximum Gasteiger partial charge on any atom is 0.342 e. The lowest BCUT2D eigenvalue weighted by Crippen LogP contribution is -2.30. The number of benzene rings is 3. The number of hydrogen-bond acceptors (Lipinski definition) is 6. The Balaban J connectivity index is 1.62. The van der Waals surface area contributed by atoms with Gasteiger partial charge in [-0.1, -0.05) is 24.3 Å². The molecule has 0 fully saturated rings. The Morgan fingerprint density at radius 1 is 0.857 bits per heavy atom. The van der Waals surface area contributed by atoms with Gasteiger partial charge in [0.2, 0.25) is 0 Å². The number of hydrazone groups is 1. The minimum absolute atomic E-state index is 0.130. The van der Waals surface area contributed by atoms with Crippen LogP contribution in [0.25, 0.3) is 0 Å². The zero-order valence-electron chi connectivity index (χ0n) is 18.8. The summed E-state index contributed by atoms with van der Waals surface area (Å²) in [4.78, 5) is 13.2. The Morgan fingerprint density at radius 3 is 1.89 bits per heavy atom. The highest BCUT2D eigenvalue weighted by atomic mass is 32.2. The van der Waals surface area contributed by atoms with Crippen molar-refractivity contribution in [3.8, 4) is 0 Å². The van der Waals surface area contributed by atoms with Crippen LogP contribution in [-0.4, -0.2) is 52.6 Å². The van der Waals surface area contributed by atoms with Crippen molar-refractivity contribution in [3.05, 3.63) is 89.7 Å². The first-order valence-corrected chi connectivity index (χ1v) is 14.2. The topological polar surface area (TPSA) is 113 Å². The van der Waals surface area contributed by atoms with Crippen molar-refractivity contribution in [2.45, 2.75) is 15.7 Å². The molecule has 4 rings (SSSR count). The quantitative estimate of drug-likeness (QED) is 0.557. The third-order valence-corrected chi connectivity index (χ3v) is 7.79. The fourth-order valence-corrected chi connectivity index (χ4v) is 4.95.